The second kappa shape index (κ2) is 6.08. The van der Waals surface area contributed by atoms with Crippen LogP contribution in [0.15, 0.2) is 60.7 Å². The van der Waals surface area contributed by atoms with Gasteiger partial charge in [0.1, 0.15) is 11.1 Å². The van der Waals surface area contributed by atoms with Gasteiger partial charge in [-0.1, -0.05) is 60.7 Å². The summed E-state index contributed by atoms with van der Waals surface area (Å²) in [6, 6.07) is 20.4. The molecule has 5 rings (SSSR count). The number of likely N-dealkylation sites (tertiary alicyclic amines) is 1. The molecule has 2 aromatic rings. The van der Waals surface area contributed by atoms with E-state index in [-0.39, 0.29) is 24.1 Å². The first-order valence-electron chi connectivity index (χ1n) is 9.11. The summed E-state index contributed by atoms with van der Waals surface area (Å²) in [5.74, 6) is 0.0326. The van der Waals surface area contributed by atoms with Gasteiger partial charge in [-0.2, -0.15) is 0 Å². The molecule has 3 aliphatic heterocycles. The summed E-state index contributed by atoms with van der Waals surface area (Å²) < 4.78 is 6.09. The number of hydrogen-bond acceptors (Lipinski definition) is 3. The Morgan fingerprint density at radius 2 is 1.77 bits per heavy atom. The van der Waals surface area contributed by atoms with Gasteiger partial charge in [0.15, 0.2) is 0 Å². The number of halogens is 1. The van der Waals surface area contributed by atoms with Crippen molar-refractivity contribution in [1.29, 1.82) is 0 Å². The number of carbonyl (C=O) groups is 1. The van der Waals surface area contributed by atoms with Crippen molar-refractivity contribution < 1.29 is 9.53 Å². The molecule has 3 saturated heterocycles. The van der Waals surface area contributed by atoms with Gasteiger partial charge < -0.3 is 9.64 Å². The normalized spacial score (nSPS) is 33.5. The molecule has 0 aliphatic carbocycles. The summed E-state index contributed by atoms with van der Waals surface area (Å²) in [6.07, 6.45) is -0.217. The molecule has 3 fully saturated rings. The molecule has 5 heteroatoms. The van der Waals surface area contributed by atoms with Crippen LogP contribution in [0, 0.1) is 5.92 Å². The summed E-state index contributed by atoms with van der Waals surface area (Å²) in [7, 11) is 0. The average molecular weight is 369 g/mol. The Morgan fingerprint density at radius 1 is 1.08 bits per heavy atom. The van der Waals surface area contributed by atoms with Crippen LogP contribution in [0.4, 0.5) is 0 Å². The number of ether oxygens (including phenoxy) is 1. The van der Waals surface area contributed by atoms with Crippen LogP contribution >= 0.6 is 11.6 Å². The minimum absolute atomic E-state index is 0.00842. The van der Waals surface area contributed by atoms with E-state index in [1.165, 1.54) is 5.56 Å². The quantitative estimate of drug-likeness (QED) is 0.781. The highest BCUT2D eigenvalue weighted by Gasteiger charge is 2.66. The molecule has 0 radical (unpaired) electrons. The molecule has 1 amide bonds. The number of rotatable bonds is 3. The fourth-order valence-corrected chi connectivity index (χ4v) is 5.12. The smallest absolute Gasteiger partial charge is 0.248 e. The van der Waals surface area contributed by atoms with Crippen LogP contribution in [0.25, 0.3) is 0 Å². The fourth-order valence-electron chi connectivity index (χ4n) is 4.68. The van der Waals surface area contributed by atoms with Gasteiger partial charge in [-0.3, -0.25) is 9.69 Å². The van der Waals surface area contributed by atoms with Gasteiger partial charge in [-0.25, -0.2) is 0 Å². The van der Waals surface area contributed by atoms with Gasteiger partial charge in [-0.15, -0.1) is 11.6 Å². The third-order valence-electron chi connectivity index (χ3n) is 5.90. The third kappa shape index (κ3) is 2.40. The summed E-state index contributed by atoms with van der Waals surface area (Å²) >= 11 is 6.92. The van der Waals surface area contributed by atoms with Crippen molar-refractivity contribution in [2.24, 2.45) is 5.92 Å². The number of fused-ring (bicyclic) bond motifs is 3. The van der Waals surface area contributed by atoms with E-state index in [1.807, 2.05) is 41.3 Å². The minimum Gasteiger partial charge on any atom is -0.355 e. The Kier molecular flexibility index (Phi) is 3.82. The van der Waals surface area contributed by atoms with E-state index in [4.69, 9.17) is 16.3 Å². The van der Waals surface area contributed by atoms with Crippen LogP contribution in [0.1, 0.15) is 17.2 Å². The van der Waals surface area contributed by atoms with Crippen molar-refractivity contribution in [1.82, 2.24) is 9.80 Å². The Hall–Kier alpha value is -1.88. The standard InChI is InChI=1S/C21H21ClN2O2/c22-21-14-23(11-15-7-3-1-4-8-15)12-17(21)19-24(20(21)25)18(13-26-19)16-9-5-2-6-10-16/h1-10,17-19H,11-14H2/t17-,18+,19+,21+/m0/s1. The lowest BCUT2D eigenvalue weighted by Gasteiger charge is -2.27. The van der Waals surface area contributed by atoms with Gasteiger partial charge >= 0.3 is 0 Å². The Balaban J connectivity index is 1.38. The van der Waals surface area contributed by atoms with Gasteiger partial charge in [0.05, 0.1) is 12.6 Å². The van der Waals surface area contributed by atoms with Crippen molar-refractivity contribution in [3.63, 3.8) is 0 Å². The van der Waals surface area contributed by atoms with E-state index < -0.39 is 4.87 Å². The van der Waals surface area contributed by atoms with Crippen LogP contribution in [0.5, 0.6) is 0 Å². The maximum atomic E-state index is 13.3. The molecule has 134 valence electrons. The lowest BCUT2D eigenvalue weighted by Crippen LogP contribution is -2.42. The molecule has 2 aromatic carbocycles. The van der Waals surface area contributed by atoms with Gasteiger partial charge in [0.2, 0.25) is 5.91 Å². The van der Waals surface area contributed by atoms with Crippen LogP contribution in [0.3, 0.4) is 0 Å². The molecule has 3 heterocycles. The van der Waals surface area contributed by atoms with Crippen molar-refractivity contribution in [3.05, 3.63) is 71.8 Å². The fraction of sp³-hybridized carbons (Fsp3) is 0.381. The molecule has 0 N–H and O–H groups in total. The summed E-state index contributed by atoms with van der Waals surface area (Å²) in [5.41, 5.74) is 2.36. The molecule has 0 saturated carbocycles. The minimum atomic E-state index is -0.868. The number of hydrogen-bond donors (Lipinski definition) is 0. The zero-order valence-electron chi connectivity index (χ0n) is 14.4. The highest BCUT2D eigenvalue weighted by Crippen LogP contribution is 2.51. The maximum Gasteiger partial charge on any atom is 0.248 e. The predicted octanol–water partition coefficient (Wildman–Crippen LogP) is 3.04. The number of nitrogens with zero attached hydrogens (tertiary/aromatic N) is 2. The first-order valence-corrected chi connectivity index (χ1v) is 9.49. The monoisotopic (exact) mass is 368 g/mol. The van der Waals surface area contributed by atoms with Crippen molar-refractivity contribution in [2.75, 3.05) is 19.7 Å². The largest absolute Gasteiger partial charge is 0.355 e. The predicted molar refractivity (Wildman–Crippen MR) is 99.6 cm³/mol. The molecule has 3 aliphatic rings. The van der Waals surface area contributed by atoms with Crippen molar-refractivity contribution >= 4 is 17.5 Å². The zero-order chi connectivity index (χ0) is 17.7. The van der Waals surface area contributed by atoms with E-state index in [1.54, 1.807) is 0 Å². The summed E-state index contributed by atoms with van der Waals surface area (Å²) in [4.78, 5) is 16.6. The number of alkyl halides is 1. The summed E-state index contributed by atoms with van der Waals surface area (Å²) in [6.45, 7) is 2.72. The molecule has 0 unspecified atom stereocenters. The zero-order valence-corrected chi connectivity index (χ0v) is 15.2. The Labute approximate surface area is 158 Å². The second-order valence-corrected chi connectivity index (χ2v) is 8.16. The number of benzene rings is 2. The number of carbonyl (C=O) groups excluding carboxylic acids is 1. The van der Waals surface area contributed by atoms with E-state index >= 15 is 0 Å². The van der Waals surface area contributed by atoms with Gasteiger partial charge in [0.25, 0.3) is 0 Å². The van der Waals surface area contributed by atoms with E-state index in [9.17, 15) is 4.79 Å². The molecular formula is C21H21ClN2O2. The Morgan fingerprint density at radius 3 is 2.50 bits per heavy atom. The van der Waals surface area contributed by atoms with Crippen LogP contribution in [0.2, 0.25) is 0 Å². The Bertz CT molecular complexity index is 815. The van der Waals surface area contributed by atoms with Gasteiger partial charge in [-0.05, 0) is 11.1 Å². The molecular weight excluding hydrogens is 348 g/mol. The average Bonchev–Trinajstić information content (AvgIpc) is 3.28. The third-order valence-corrected chi connectivity index (χ3v) is 6.46. The van der Waals surface area contributed by atoms with Crippen LogP contribution < -0.4 is 0 Å². The van der Waals surface area contributed by atoms with Crippen LogP contribution in [-0.2, 0) is 16.1 Å². The van der Waals surface area contributed by atoms with Crippen molar-refractivity contribution in [3.8, 4) is 0 Å². The molecule has 26 heavy (non-hydrogen) atoms. The molecule has 0 spiro atoms. The first-order chi connectivity index (χ1) is 12.7. The lowest BCUT2D eigenvalue weighted by atomic mass is 9.97. The number of amides is 1. The second-order valence-electron chi connectivity index (χ2n) is 7.49. The molecule has 4 atom stereocenters. The first kappa shape index (κ1) is 16.3. The molecule has 4 nitrogen and oxygen atoms in total. The van der Waals surface area contributed by atoms with E-state index in [0.717, 1.165) is 18.7 Å². The van der Waals surface area contributed by atoms with E-state index in [2.05, 4.69) is 29.2 Å². The molecule has 0 bridgehead atoms. The SMILES string of the molecule is O=C1N2[C@@H](c3ccccc3)CO[C@@H]2[C@@H]2CN(Cc3ccccc3)C[C@]12Cl. The van der Waals surface area contributed by atoms with Crippen LogP contribution in [-0.4, -0.2) is 46.5 Å². The highest BCUT2D eigenvalue weighted by molar-refractivity contribution is 6.36. The molecule has 0 aromatic heterocycles. The van der Waals surface area contributed by atoms with Crippen molar-refractivity contribution in [2.45, 2.75) is 23.7 Å². The van der Waals surface area contributed by atoms with E-state index in [0.29, 0.717) is 13.2 Å². The summed E-state index contributed by atoms with van der Waals surface area (Å²) in [5, 5.41) is 0. The highest BCUT2D eigenvalue weighted by atomic mass is 35.5. The topological polar surface area (TPSA) is 32.8 Å². The van der Waals surface area contributed by atoms with Gasteiger partial charge in [0, 0.05) is 25.6 Å². The maximum absolute atomic E-state index is 13.3. The lowest BCUT2D eigenvalue weighted by molar-refractivity contribution is -0.133.